The largest absolute Gasteiger partial charge is 0.508 e. The van der Waals surface area contributed by atoms with Crippen LogP contribution in [0.25, 0.3) is 0 Å². The highest BCUT2D eigenvalue weighted by Crippen LogP contribution is 2.10. The van der Waals surface area contributed by atoms with E-state index < -0.39 is 0 Å². The molecule has 0 aliphatic heterocycles. The summed E-state index contributed by atoms with van der Waals surface area (Å²) in [5.74, 6) is 0.644. The molecule has 0 amide bonds. The van der Waals surface area contributed by atoms with Crippen LogP contribution in [0.15, 0.2) is 48.5 Å². The monoisotopic (exact) mass is 456 g/mol. The first kappa shape index (κ1) is 27.1. The van der Waals surface area contributed by atoms with Gasteiger partial charge in [0.1, 0.15) is 11.5 Å². The van der Waals surface area contributed by atoms with Gasteiger partial charge in [-0.25, -0.2) is 0 Å². The summed E-state index contributed by atoms with van der Waals surface area (Å²) in [7, 11) is 0. The Bertz CT molecular complexity index is 646. The number of rotatable bonds is 20. The summed E-state index contributed by atoms with van der Waals surface area (Å²) in [6.07, 6.45) is 8.75. The number of aromatic hydroxyl groups is 2. The first-order chi connectivity index (χ1) is 16.2. The van der Waals surface area contributed by atoms with E-state index in [2.05, 4.69) is 21.3 Å². The first-order valence-electron chi connectivity index (χ1n) is 12.6. The van der Waals surface area contributed by atoms with Crippen LogP contribution in [0.2, 0.25) is 0 Å². The summed E-state index contributed by atoms with van der Waals surface area (Å²) >= 11 is 0. The van der Waals surface area contributed by atoms with Gasteiger partial charge >= 0.3 is 0 Å². The average Bonchev–Trinajstić information content (AvgIpc) is 2.83. The minimum atomic E-state index is 0.322. The van der Waals surface area contributed by atoms with Gasteiger partial charge < -0.3 is 31.5 Å². The van der Waals surface area contributed by atoms with Crippen LogP contribution in [0.1, 0.15) is 56.1 Å². The Balaban J connectivity index is 1.23. The van der Waals surface area contributed by atoms with Crippen LogP contribution in [0, 0.1) is 0 Å². The number of benzene rings is 2. The third-order valence-electron chi connectivity index (χ3n) is 5.65. The van der Waals surface area contributed by atoms with Crippen molar-refractivity contribution in [3.8, 4) is 11.5 Å². The molecular weight excluding hydrogens is 412 g/mol. The van der Waals surface area contributed by atoms with Gasteiger partial charge in [-0.2, -0.15) is 0 Å². The molecular formula is C27H44N4O2. The fourth-order valence-electron chi connectivity index (χ4n) is 3.65. The molecule has 0 aliphatic carbocycles. The van der Waals surface area contributed by atoms with Crippen molar-refractivity contribution in [3.05, 3.63) is 59.7 Å². The first-order valence-corrected chi connectivity index (χ1v) is 12.6. The lowest BCUT2D eigenvalue weighted by atomic mass is 10.1. The third-order valence-corrected chi connectivity index (χ3v) is 5.65. The van der Waals surface area contributed by atoms with Gasteiger partial charge in [-0.05, 0) is 100 Å². The minimum absolute atomic E-state index is 0.322. The highest BCUT2D eigenvalue weighted by atomic mass is 16.3. The van der Waals surface area contributed by atoms with Crippen LogP contribution < -0.4 is 21.3 Å². The van der Waals surface area contributed by atoms with E-state index in [-0.39, 0.29) is 0 Å². The van der Waals surface area contributed by atoms with Gasteiger partial charge in [0, 0.05) is 13.1 Å². The molecule has 0 saturated carbocycles. The maximum atomic E-state index is 9.28. The highest BCUT2D eigenvalue weighted by Gasteiger charge is 1.96. The van der Waals surface area contributed by atoms with Gasteiger partial charge in [-0.3, -0.25) is 0 Å². The molecule has 0 radical (unpaired) electrons. The Morgan fingerprint density at radius 3 is 1.15 bits per heavy atom. The molecule has 0 atom stereocenters. The predicted molar refractivity (Wildman–Crippen MR) is 138 cm³/mol. The van der Waals surface area contributed by atoms with E-state index in [1.807, 2.05) is 24.3 Å². The molecule has 184 valence electrons. The third kappa shape index (κ3) is 14.6. The molecule has 0 heterocycles. The average molecular weight is 457 g/mol. The van der Waals surface area contributed by atoms with Crippen LogP contribution in [-0.4, -0.2) is 49.5 Å². The van der Waals surface area contributed by atoms with Crippen molar-refractivity contribution in [3.63, 3.8) is 0 Å². The van der Waals surface area contributed by atoms with Crippen LogP contribution in [-0.2, 0) is 13.1 Å². The molecule has 0 aliphatic rings. The van der Waals surface area contributed by atoms with Crippen molar-refractivity contribution in [2.45, 2.75) is 58.0 Å². The smallest absolute Gasteiger partial charge is 0.115 e. The molecule has 0 bridgehead atoms. The number of nitrogens with one attached hydrogen (secondary N) is 4. The zero-order valence-electron chi connectivity index (χ0n) is 20.1. The number of phenolic OH excluding ortho intramolecular Hbond substituents is 2. The fourth-order valence-corrected chi connectivity index (χ4v) is 3.65. The quantitative estimate of drug-likeness (QED) is 0.170. The summed E-state index contributed by atoms with van der Waals surface area (Å²) in [4.78, 5) is 0. The molecule has 0 unspecified atom stereocenters. The van der Waals surface area contributed by atoms with Crippen LogP contribution >= 0.6 is 0 Å². The maximum Gasteiger partial charge on any atom is 0.115 e. The molecule has 2 aromatic carbocycles. The lowest BCUT2D eigenvalue weighted by Crippen LogP contribution is -2.22. The lowest BCUT2D eigenvalue weighted by molar-refractivity contribution is 0.474. The van der Waals surface area contributed by atoms with E-state index in [9.17, 15) is 10.2 Å². The van der Waals surface area contributed by atoms with Crippen LogP contribution in [0.5, 0.6) is 11.5 Å². The Kier molecular flexibility index (Phi) is 15.1. The lowest BCUT2D eigenvalue weighted by Gasteiger charge is -2.08. The second-order valence-corrected chi connectivity index (χ2v) is 8.66. The summed E-state index contributed by atoms with van der Waals surface area (Å²) in [6.45, 7) is 8.10. The van der Waals surface area contributed by atoms with E-state index in [0.29, 0.717) is 11.5 Å². The number of unbranched alkanes of at least 4 members (excludes halogenated alkanes) is 4. The predicted octanol–water partition coefficient (Wildman–Crippen LogP) is 3.89. The standard InChI is InChI=1S/C27H44N4O2/c32-26-12-8-24(9-13-26)22-30-20-6-18-28-16-4-2-1-3-5-17-29-19-7-21-31-23-25-10-14-27(33)15-11-25/h8-15,28-33H,1-7,16-23H2. The second kappa shape index (κ2) is 18.3. The van der Waals surface area contributed by atoms with E-state index >= 15 is 0 Å². The molecule has 0 saturated heterocycles. The van der Waals surface area contributed by atoms with E-state index in [1.54, 1.807) is 24.3 Å². The van der Waals surface area contributed by atoms with Crippen molar-refractivity contribution in [1.29, 1.82) is 0 Å². The van der Waals surface area contributed by atoms with Crippen molar-refractivity contribution < 1.29 is 10.2 Å². The van der Waals surface area contributed by atoms with E-state index in [1.165, 1.54) is 43.2 Å². The normalized spacial score (nSPS) is 11.2. The van der Waals surface area contributed by atoms with Gasteiger partial charge in [0.25, 0.3) is 0 Å². The Hall–Kier alpha value is -2.12. The molecule has 6 heteroatoms. The molecule has 2 aromatic rings. The van der Waals surface area contributed by atoms with Crippen molar-refractivity contribution in [1.82, 2.24) is 21.3 Å². The minimum Gasteiger partial charge on any atom is -0.508 e. The molecule has 0 spiro atoms. The van der Waals surface area contributed by atoms with Crippen molar-refractivity contribution in [2.75, 3.05) is 39.3 Å². The van der Waals surface area contributed by atoms with Crippen molar-refractivity contribution in [2.24, 2.45) is 0 Å². The molecule has 0 fully saturated rings. The number of hydrogen-bond acceptors (Lipinski definition) is 6. The van der Waals surface area contributed by atoms with Crippen LogP contribution in [0.3, 0.4) is 0 Å². The Morgan fingerprint density at radius 1 is 0.394 bits per heavy atom. The van der Waals surface area contributed by atoms with E-state index in [0.717, 1.165) is 65.2 Å². The number of hydrogen-bond donors (Lipinski definition) is 6. The molecule has 2 rings (SSSR count). The SMILES string of the molecule is Oc1ccc(CNCCCNCCCCCCCNCCCNCc2ccc(O)cc2)cc1. The number of phenols is 2. The summed E-state index contributed by atoms with van der Waals surface area (Å²) in [5.41, 5.74) is 2.41. The van der Waals surface area contributed by atoms with E-state index in [4.69, 9.17) is 0 Å². The fraction of sp³-hybridized carbons (Fsp3) is 0.556. The maximum absolute atomic E-state index is 9.28. The zero-order chi connectivity index (χ0) is 23.4. The summed E-state index contributed by atoms with van der Waals surface area (Å²) in [5, 5.41) is 32.5. The van der Waals surface area contributed by atoms with Gasteiger partial charge in [0.05, 0.1) is 0 Å². The topological polar surface area (TPSA) is 88.6 Å². The Labute approximate surface area is 200 Å². The van der Waals surface area contributed by atoms with Crippen molar-refractivity contribution >= 4 is 0 Å². The zero-order valence-corrected chi connectivity index (χ0v) is 20.1. The second-order valence-electron chi connectivity index (χ2n) is 8.66. The van der Waals surface area contributed by atoms with Gasteiger partial charge in [0.15, 0.2) is 0 Å². The van der Waals surface area contributed by atoms with Gasteiger partial charge in [0.2, 0.25) is 0 Å². The molecule has 33 heavy (non-hydrogen) atoms. The molecule has 0 aromatic heterocycles. The molecule has 6 N–H and O–H groups in total. The summed E-state index contributed by atoms with van der Waals surface area (Å²) in [6, 6.07) is 14.8. The van der Waals surface area contributed by atoms with Gasteiger partial charge in [-0.1, -0.05) is 43.5 Å². The highest BCUT2D eigenvalue weighted by molar-refractivity contribution is 5.26. The van der Waals surface area contributed by atoms with Gasteiger partial charge in [-0.15, -0.1) is 0 Å². The molecule has 6 nitrogen and oxygen atoms in total. The summed E-state index contributed by atoms with van der Waals surface area (Å²) < 4.78 is 0. The van der Waals surface area contributed by atoms with Crippen LogP contribution in [0.4, 0.5) is 0 Å². The Morgan fingerprint density at radius 2 is 0.727 bits per heavy atom.